The van der Waals surface area contributed by atoms with E-state index in [4.69, 9.17) is 0 Å². The monoisotopic (exact) mass is 337 g/mol. The molecule has 3 N–H and O–H groups in total. The number of hydrogen-bond donors (Lipinski definition) is 3. The van der Waals surface area contributed by atoms with Crippen LogP contribution in [0.4, 0.5) is 5.82 Å². The van der Waals surface area contributed by atoms with Crippen molar-refractivity contribution >= 4 is 22.6 Å². The van der Waals surface area contributed by atoms with Crippen LogP contribution in [0.15, 0.2) is 47.7 Å². The molecule has 7 nitrogen and oxygen atoms in total. The summed E-state index contributed by atoms with van der Waals surface area (Å²) in [6, 6.07) is 7.54. The normalized spacial score (nSPS) is 17.6. The van der Waals surface area contributed by atoms with Gasteiger partial charge in [-0.05, 0) is 31.0 Å². The Morgan fingerprint density at radius 1 is 1.24 bits per heavy atom. The molecule has 4 rings (SSSR count). The van der Waals surface area contributed by atoms with E-state index in [0.29, 0.717) is 17.9 Å². The largest absolute Gasteiger partial charge is 0.361 e. The lowest BCUT2D eigenvalue weighted by Gasteiger charge is -2.33. The summed E-state index contributed by atoms with van der Waals surface area (Å²) in [5.41, 5.74) is 1.40. The van der Waals surface area contributed by atoms with Crippen LogP contribution in [-0.2, 0) is 0 Å². The molecule has 3 heterocycles. The number of anilines is 1. The molecule has 128 valence electrons. The summed E-state index contributed by atoms with van der Waals surface area (Å²) in [6.45, 7) is 1.34. The van der Waals surface area contributed by atoms with E-state index in [2.05, 4.69) is 20.3 Å². The topological polar surface area (TPSA) is 93.9 Å². The summed E-state index contributed by atoms with van der Waals surface area (Å²) in [7, 11) is 0. The number of rotatable bonds is 3. The van der Waals surface area contributed by atoms with Crippen molar-refractivity contribution in [1.29, 1.82) is 0 Å². The third-order valence-electron chi connectivity index (χ3n) is 4.58. The van der Waals surface area contributed by atoms with Gasteiger partial charge in [-0.2, -0.15) is 0 Å². The summed E-state index contributed by atoms with van der Waals surface area (Å²) in [6.07, 6.45) is 6.71. The number of aromatic nitrogens is 3. The second-order valence-electron chi connectivity index (χ2n) is 6.25. The molecule has 1 aromatic carbocycles. The zero-order valence-electron chi connectivity index (χ0n) is 13.7. The summed E-state index contributed by atoms with van der Waals surface area (Å²) in [5.74, 6) is 0.321. The number of nitrogens with zero attached hydrogens (tertiary/aromatic N) is 2. The number of fused-ring (bicyclic) bond motifs is 1. The van der Waals surface area contributed by atoms with E-state index in [1.807, 2.05) is 35.4 Å². The number of carbonyl (C=O) groups excluding carboxylic acids is 1. The molecular formula is C18H19N5O2. The molecular weight excluding hydrogens is 318 g/mol. The Morgan fingerprint density at radius 3 is 3.04 bits per heavy atom. The highest BCUT2D eigenvalue weighted by molar-refractivity contribution is 6.06. The number of hydrogen-bond acceptors (Lipinski definition) is 4. The van der Waals surface area contributed by atoms with Gasteiger partial charge in [0.05, 0.1) is 0 Å². The van der Waals surface area contributed by atoms with Crippen LogP contribution < -0.4 is 15.8 Å². The van der Waals surface area contributed by atoms with Crippen LogP contribution >= 0.6 is 0 Å². The van der Waals surface area contributed by atoms with Crippen molar-refractivity contribution in [3.05, 3.63) is 58.8 Å². The summed E-state index contributed by atoms with van der Waals surface area (Å²) in [5, 5.41) is 4.01. The van der Waals surface area contributed by atoms with Crippen molar-refractivity contribution in [1.82, 2.24) is 20.3 Å². The molecule has 7 heteroatoms. The molecule has 1 aliphatic rings. The fraction of sp³-hybridized carbons (Fsp3) is 0.278. The van der Waals surface area contributed by atoms with Crippen molar-refractivity contribution in [2.75, 3.05) is 18.0 Å². The molecule has 1 saturated heterocycles. The molecule has 25 heavy (non-hydrogen) atoms. The molecule has 0 radical (unpaired) electrons. The second-order valence-corrected chi connectivity index (χ2v) is 6.25. The fourth-order valence-corrected chi connectivity index (χ4v) is 3.40. The maximum Gasteiger partial charge on any atom is 0.290 e. The maximum absolute atomic E-state index is 12.7. The molecule has 0 bridgehead atoms. The molecule has 0 aliphatic carbocycles. The first-order chi connectivity index (χ1) is 12.2. The van der Waals surface area contributed by atoms with Crippen molar-refractivity contribution < 1.29 is 4.79 Å². The van der Waals surface area contributed by atoms with Gasteiger partial charge in [-0.15, -0.1) is 0 Å². The van der Waals surface area contributed by atoms with Gasteiger partial charge >= 0.3 is 0 Å². The predicted molar refractivity (Wildman–Crippen MR) is 95.9 cm³/mol. The summed E-state index contributed by atoms with van der Waals surface area (Å²) >= 11 is 0. The molecule has 0 saturated carbocycles. The first-order valence-corrected chi connectivity index (χ1v) is 8.38. The van der Waals surface area contributed by atoms with Crippen LogP contribution in [0.25, 0.3) is 10.9 Å². The van der Waals surface area contributed by atoms with Gasteiger partial charge in [-0.25, -0.2) is 4.98 Å². The van der Waals surface area contributed by atoms with Crippen LogP contribution in [0.1, 0.15) is 23.2 Å². The Labute approximate surface area is 144 Å². The van der Waals surface area contributed by atoms with E-state index in [9.17, 15) is 9.59 Å². The highest BCUT2D eigenvalue weighted by Gasteiger charge is 2.24. The third-order valence-corrected chi connectivity index (χ3v) is 4.58. The second kappa shape index (κ2) is 6.43. The predicted octanol–water partition coefficient (Wildman–Crippen LogP) is 1.65. The van der Waals surface area contributed by atoms with Crippen molar-refractivity contribution in [3.63, 3.8) is 0 Å². The van der Waals surface area contributed by atoms with Gasteiger partial charge in [-0.1, -0.05) is 6.07 Å². The Balaban J connectivity index is 1.51. The lowest BCUT2D eigenvalue weighted by atomic mass is 10.0. The van der Waals surface area contributed by atoms with Crippen molar-refractivity contribution in [2.45, 2.75) is 18.9 Å². The minimum atomic E-state index is -0.202. The van der Waals surface area contributed by atoms with Crippen LogP contribution in [0.2, 0.25) is 0 Å². The highest BCUT2D eigenvalue weighted by atomic mass is 16.1. The quantitative estimate of drug-likeness (QED) is 0.677. The summed E-state index contributed by atoms with van der Waals surface area (Å²) in [4.78, 5) is 36.5. The van der Waals surface area contributed by atoms with Gasteiger partial charge in [0.2, 0.25) is 0 Å². The highest BCUT2D eigenvalue weighted by Crippen LogP contribution is 2.19. The summed E-state index contributed by atoms with van der Waals surface area (Å²) < 4.78 is 0. The zero-order chi connectivity index (χ0) is 17.2. The minimum absolute atomic E-state index is 0.0168. The first-order valence-electron chi connectivity index (χ1n) is 8.38. The third kappa shape index (κ3) is 3.00. The standard InChI is InChI=1S/C18H19N5O2/c24-17(14-4-1-5-15-13(14)6-7-19-15)22-12-3-2-10-23(11-12)16-18(25)21-9-8-20-16/h1,4-9,12,19H,2-3,10-11H2,(H,21,25)(H,22,24)/t12-/m1/s1. The molecule has 2 aromatic heterocycles. The van der Waals surface area contributed by atoms with E-state index in [1.165, 1.54) is 6.20 Å². The van der Waals surface area contributed by atoms with Gasteiger partial charge in [-0.3, -0.25) is 9.59 Å². The molecule has 1 atom stereocenters. The van der Waals surface area contributed by atoms with Gasteiger partial charge in [0.25, 0.3) is 11.5 Å². The Morgan fingerprint density at radius 2 is 2.16 bits per heavy atom. The smallest absolute Gasteiger partial charge is 0.290 e. The van der Waals surface area contributed by atoms with E-state index >= 15 is 0 Å². The number of piperidine rings is 1. The van der Waals surface area contributed by atoms with Crippen molar-refractivity contribution in [3.8, 4) is 0 Å². The molecule has 0 unspecified atom stereocenters. The Hall–Kier alpha value is -3.09. The fourth-order valence-electron chi connectivity index (χ4n) is 3.40. The number of aromatic amines is 2. The number of H-pyrrole nitrogens is 2. The van der Waals surface area contributed by atoms with E-state index < -0.39 is 0 Å². The average Bonchev–Trinajstić information content (AvgIpc) is 3.11. The van der Waals surface area contributed by atoms with E-state index in [-0.39, 0.29) is 17.5 Å². The van der Waals surface area contributed by atoms with E-state index in [0.717, 1.165) is 30.3 Å². The molecule has 1 aliphatic heterocycles. The Bertz CT molecular complexity index is 961. The first kappa shape index (κ1) is 15.4. The van der Waals surface area contributed by atoms with Gasteiger partial charge < -0.3 is 20.2 Å². The van der Waals surface area contributed by atoms with Gasteiger partial charge in [0.15, 0.2) is 5.82 Å². The maximum atomic E-state index is 12.7. The molecule has 3 aromatic rings. The minimum Gasteiger partial charge on any atom is -0.361 e. The van der Waals surface area contributed by atoms with Crippen LogP contribution in [0, 0.1) is 0 Å². The SMILES string of the molecule is O=C(N[C@@H]1CCCN(c2ncc[nH]c2=O)C1)c1cccc2[nH]ccc12. The number of amides is 1. The average molecular weight is 337 g/mol. The molecule has 1 fully saturated rings. The van der Waals surface area contributed by atoms with Crippen LogP contribution in [-0.4, -0.2) is 40.0 Å². The lowest BCUT2D eigenvalue weighted by molar-refractivity contribution is 0.0935. The number of nitrogens with one attached hydrogen (secondary N) is 3. The van der Waals surface area contributed by atoms with Crippen LogP contribution in [0.5, 0.6) is 0 Å². The molecule has 0 spiro atoms. The zero-order valence-corrected chi connectivity index (χ0v) is 13.7. The Kier molecular flexibility index (Phi) is 3.97. The lowest BCUT2D eigenvalue weighted by Crippen LogP contribution is -2.49. The number of carbonyl (C=O) groups is 1. The molecule has 1 amide bonds. The number of benzene rings is 1. The van der Waals surface area contributed by atoms with Gasteiger partial charge in [0, 0.05) is 54.2 Å². The van der Waals surface area contributed by atoms with Crippen LogP contribution in [0.3, 0.4) is 0 Å². The van der Waals surface area contributed by atoms with Crippen molar-refractivity contribution in [2.24, 2.45) is 0 Å². The van der Waals surface area contributed by atoms with E-state index in [1.54, 1.807) is 6.20 Å². The van der Waals surface area contributed by atoms with Gasteiger partial charge in [0.1, 0.15) is 0 Å².